The van der Waals surface area contributed by atoms with Crippen molar-refractivity contribution in [2.45, 2.75) is 18.2 Å². The highest BCUT2D eigenvalue weighted by Gasteiger charge is 2.57. The van der Waals surface area contributed by atoms with Crippen molar-refractivity contribution in [3.63, 3.8) is 0 Å². The monoisotopic (exact) mass is 341 g/mol. The molecule has 0 fully saturated rings. The van der Waals surface area contributed by atoms with Crippen LogP contribution in [0.4, 0.5) is 13.2 Å². The van der Waals surface area contributed by atoms with Crippen LogP contribution < -0.4 is 5.32 Å². The molecule has 2 heterocycles. The van der Waals surface area contributed by atoms with Crippen molar-refractivity contribution in [2.24, 2.45) is 7.05 Å². The number of imidazole rings is 1. The van der Waals surface area contributed by atoms with Gasteiger partial charge in [-0.1, -0.05) is 0 Å². The normalized spacial score (nSPS) is 14.0. The standard InChI is InChI=1S/C14H14F3N5O2/c1-22-5-4-20-12(22)13(24,14(15,16)17)2-3-19-11(23)9-6-10(7-18)21-8-9/h4-6,8,21,24H,2-3H2,1H3,(H,19,23). The topological polar surface area (TPSA) is 107 Å². The quantitative estimate of drug-likeness (QED) is 0.759. The Morgan fingerprint density at radius 3 is 2.75 bits per heavy atom. The summed E-state index contributed by atoms with van der Waals surface area (Å²) in [4.78, 5) is 17.9. The Labute approximate surface area is 134 Å². The number of carbonyl (C=O) groups is 1. The van der Waals surface area contributed by atoms with Crippen LogP contribution in [0.1, 0.15) is 28.3 Å². The third-order valence-corrected chi connectivity index (χ3v) is 3.50. The number of aromatic amines is 1. The summed E-state index contributed by atoms with van der Waals surface area (Å²) in [6, 6.07) is 3.06. The van der Waals surface area contributed by atoms with Gasteiger partial charge in [-0.2, -0.15) is 18.4 Å². The molecule has 0 radical (unpaired) electrons. The number of aliphatic hydroxyl groups is 1. The molecule has 10 heteroatoms. The van der Waals surface area contributed by atoms with Gasteiger partial charge in [-0.3, -0.25) is 4.79 Å². The summed E-state index contributed by atoms with van der Waals surface area (Å²) in [5.41, 5.74) is -2.92. The lowest BCUT2D eigenvalue weighted by Gasteiger charge is -2.29. The van der Waals surface area contributed by atoms with E-state index in [9.17, 15) is 23.1 Å². The van der Waals surface area contributed by atoms with Crippen molar-refractivity contribution in [1.82, 2.24) is 19.9 Å². The smallest absolute Gasteiger partial charge is 0.374 e. The highest BCUT2D eigenvalue weighted by atomic mass is 19.4. The number of nitriles is 1. The number of carbonyl (C=O) groups excluding carboxylic acids is 1. The van der Waals surface area contributed by atoms with Gasteiger partial charge in [0, 0.05) is 38.6 Å². The zero-order chi connectivity index (χ0) is 18.0. The van der Waals surface area contributed by atoms with Crippen molar-refractivity contribution in [3.8, 4) is 6.07 Å². The van der Waals surface area contributed by atoms with Crippen LogP contribution in [0.5, 0.6) is 0 Å². The molecule has 2 rings (SSSR count). The van der Waals surface area contributed by atoms with Gasteiger partial charge in [-0.15, -0.1) is 0 Å². The number of halogens is 3. The largest absolute Gasteiger partial charge is 0.424 e. The second-order valence-electron chi connectivity index (χ2n) is 5.14. The summed E-state index contributed by atoms with van der Waals surface area (Å²) in [7, 11) is 1.33. The molecular formula is C14H14F3N5O2. The van der Waals surface area contributed by atoms with Crippen molar-refractivity contribution < 1.29 is 23.1 Å². The fourth-order valence-electron chi connectivity index (χ4n) is 2.19. The molecule has 3 N–H and O–H groups in total. The molecule has 0 saturated heterocycles. The van der Waals surface area contributed by atoms with E-state index in [-0.39, 0.29) is 11.3 Å². The minimum absolute atomic E-state index is 0.110. The number of hydrogen-bond acceptors (Lipinski definition) is 4. The van der Waals surface area contributed by atoms with Crippen LogP contribution in [-0.4, -0.2) is 38.3 Å². The second-order valence-corrected chi connectivity index (χ2v) is 5.14. The second kappa shape index (κ2) is 6.37. The molecule has 0 spiro atoms. The molecule has 1 amide bonds. The van der Waals surface area contributed by atoms with Gasteiger partial charge in [-0.25, -0.2) is 4.98 Å². The number of amides is 1. The molecule has 7 nitrogen and oxygen atoms in total. The Morgan fingerprint density at radius 1 is 1.54 bits per heavy atom. The Balaban J connectivity index is 2.08. The van der Waals surface area contributed by atoms with E-state index in [0.29, 0.717) is 0 Å². The van der Waals surface area contributed by atoms with Gasteiger partial charge in [0.2, 0.25) is 5.60 Å². The van der Waals surface area contributed by atoms with Gasteiger partial charge in [0.25, 0.3) is 5.91 Å². The maximum absolute atomic E-state index is 13.3. The average Bonchev–Trinajstić information content (AvgIpc) is 3.14. The molecule has 0 aliphatic rings. The van der Waals surface area contributed by atoms with E-state index in [1.807, 2.05) is 0 Å². The first kappa shape index (κ1) is 17.6. The van der Waals surface area contributed by atoms with Crippen molar-refractivity contribution in [3.05, 3.63) is 41.7 Å². The Kier molecular flexibility index (Phi) is 4.66. The van der Waals surface area contributed by atoms with Gasteiger partial charge < -0.3 is 20.0 Å². The third-order valence-electron chi connectivity index (χ3n) is 3.50. The fourth-order valence-corrected chi connectivity index (χ4v) is 2.19. The third kappa shape index (κ3) is 3.26. The first-order chi connectivity index (χ1) is 11.2. The van der Waals surface area contributed by atoms with Crippen LogP contribution in [-0.2, 0) is 12.6 Å². The summed E-state index contributed by atoms with van der Waals surface area (Å²) in [5, 5.41) is 21.0. The minimum Gasteiger partial charge on any atom is -0.374 e. The molecule has 1 unspecified atom stereocenters. The molecular weight excluding hydrogens is 327 g/mol. The summed E-state index contributed by atoms with van der Waals surface area (Å²) >= 11 is 0. The molecule has 0 aliphatic carbocycles. The fraction of sp³-hybridized carbons (Fsp3) is 0.357. The molecule has 0 saturated carbocycles. The van der Waals surface area contributed by atoms with Crippen LogP contribution >= 0.6 is 0 Å². The van der Waals surface area contributed by atoms with Crippen LogP contribution in [0.25, 0.3) is 0 Å². The Hall–Kier alpha value is -2.80. The Bertz CT molecular complexity index is 774. The van der Waals surface area contributed by atoms with Gasteiger partial charge in [0.1, 0.15) is 17.6 Å². The van der Waals surface area contributed by atoms with E-state index < -0.39 is 36.5 Å². The number of alkyl halides is 3. The molecule has 0 aromatic carbocycles. The van der Waals surface area contributed by atoms with Gasteiger partial charge in [0.15, 0.2) is 0 Å². The van der Waals surface area contributed by atoms with E-state index in [4.69, 9.17) is 5.26 Å². The van der Waals surface area contributed by atoms with Crippen LogP contribution in [0.2, 0.25) is 0 Å². The molecule has 24 heavy (non-hydrogen) atoms. The van der Waals surface area contributed by atoms with Crippen LogP contribution in [0, 0.1) is 11.3 Å². The number of hydrogen-bond donors (Lipinski definition) is 3. The number of nitrogens with zero attached hydrogens (tertiary/aromatic N) is 3. The molecule has 0 aliphatic heterocycles. The molecule has 128 valence electrons. The van der Waals surface area contributed by atoms with Crippen LogP contribution in [0.15, 0.2) is 24.7 Å². The van der Waals surface area contributed by atoms with Gasteiger partial charge in [-0.05, 0) is 6.07 Å². The molecule has 1 atom stereocenters. The predicted octanol–water partition coefficient (Wildman–Crippen LogP) is 1.19. The van der Waals surface area contributed by atoms with Gasteiger partial charge >= 0.3 is 6.18 Å². The van der Waals surface area contributed by atoms with E-state index in [0.717, 1.165) is 10.8 Å². The maximum Gasteiger partial charge on any atom is 0.424 e. The summed E-state index contributed by atoms with van der Waals surface area (Å²) in [5.74, 6) is -1.21. The van der Waals surface area contributed by atoms with Crippen molar-refractivity contribution >= 4 is 5.91 Å². The average molecular weight is 341 g/mol. The van der Waals surface area contributed by atoms with Crippen LogP contribution in [0.3, 0.4) is 0 Å². The van der Waals surface area contributed by atoms with Gasteiger partial charge in [0.05, 0.1) is 5.56 Å². The lowest BCUT2D eigenvalue weighted by Crippen LogP contribution is -2.46. The SMILES string of the molecule is Cn1ccnc1C(O)(CCNC(=O)c1c[nH]c(C#N)c1)C(F)(F)F. The van der Waals surface area contributed by atoms with E-state index in [1.165, 1.54) is 25.5 Å². The van der Waals surface area contributed by atoms with E-state index in [2.05, 4.69) is 15.3 Å². The maximum atomic E-state index is 13.3. The number of H-pyrrole nitrogens is 1. The van der Waals surface area contributed by atoms with Crippen molar-refractivity contribution in [1.29, 1.82) is 5.26 Å². The zero-order valence-electron chi connectivity index (χ0n) is 12.6. The van der Waals surface area contributed by atoms with Crippen molar-refractivity contribution in [2.75, 3.05) is 6.54 Å². The van der Waals surface area contributed by atoms with E-state index >= 15 is 0 Å². The lowest BCUT2D eigenvalue weighted by atomic mass is 9.97. The summed E-state index contributed by atoms with van der Waals surface area (Å²) in [6.07, 6.45) is -2.06. The number of aryl methyl sites for hydroxylation is 1. The summed E-state index contributed by atoms with van der Waals surface area (Å²) in [6.45, 7) is -0.436. The predicted molar refractivity (Wildman–Crippen MR) is 75.6 cm³/mol. The van der Waals surface area contributed by atoms with E-state index in [1.54, 1.807) is 6.07 Å². The number of rotatable bonds is 5. The zero-order valence-corrected chi connectivity index (χ0v) is 12.6. The lowest BCUT2D eigenvalue weighted by molar-refractivity contribution is -0.272. The number of nitrogens with one attached hydrogen (secondary N) is 2. The Morgan fingerprint density at radius 2 is 2.25 bits per heavy atom. The highest BCUT2D eigenvalue weighted by molar-refractivity contribution is 5.94. The molecule has 2 aromatic rings. The minimum atomic E-state index is -4.96. The molecule has 2 aromatic heterocycles. The highest BCUT2D eigenvalue weighted by Crippen LogP contribution is 2.40. The summed E-state index contributed by atoms with van der Waals surface area (Å²) < 4.78 is 40.9. The first-order valence-corrected chi connectivity index (χ1v) is 6.82. The first-order valence-electron chi connectivity index (χ1n) is 6.82. The molecule has 0 bridgehead atoms. The number of aromatic nitrogens is 3.